The Morgan fingerprint density at radius 1 is 1.35 bits per heavy atom. The Balaban J connectivity index is 2.09. The van der Waals surface area contributed by atoms with Gasteiger partial charge in [0.05, 0.1) is 6.20 Å². The number of nitrogens with zero attached hydrogens (tertiary/aromatic N) is 3. The van der Waals surface area contributed by atoms with Crippen molar-refractivity contribution in [3.63, 3.8) is 0 Å². The Kier molecular flexibility index (Phi) is 5.93. The molecular weight excluding hydrogens is 290 g/mol. The van der Waals surface area contributed by atoms with Gasteiger partial charge in [-0.3, -0.25) is 9.78 Å². The van der Waals surface area contributed by atoms with Gasteiger partial charge in [-0.1, -0.05) is 6.92 Å². The predicted molar refractivity (Wildman–Crippen MR) is 91.6 cm³/mol. The van der Waals surface area contributed by atoms with Gasteiger partial charge in [0, 0.05) is 43.3 Å². The second-order valence-corrected chi connectivity index (χ2v) is 6.02. The van der Waals surface area contributed by atoms with Crippen molar-refractivity contribution < 1.29 is 5.11 Å². The molecule has 2 heterocycles. The fourth-order valence-electron chi connectivity index (χ4n) is 2.54. The van der Waals surface area contributed by atoms with Crippen molar-refractivity contribution in [2.45, 2.75) is 39.3 Å². The van der Waals surface area contributed by atoms with Crippen LogP contribution in [0.25, 0.3) is 0 Å². The van der Waals surface area contributed by atoms with Gasteiger partial charge >= 0.3 is 0 Å². The first-order valence-corrected chi connectivity index (χ1v) is 8.02. The van der Waals surface area contributed by atoms with Crippen LogP contribution in [0.3, 0.4) is 0 Å². The van der Waals surface area contributed by atoms with Crippen LogP contribution >= 0.6 is 0 Å². The molecule has 0 saturated heterocycles. The zero-order valence-corrected chi connectivity index (χ0v) is 14.1. The summed E-state index contributed by atoms with van der Waals surface area (Å²) >= 11 is 0. The zero-order valence-electron chi connectivity index (χ0n) is 14.1. The minimum Gasteiger partial charge on any atom is -0.503 e. The van der Waals surface area contributed by atoms with E-state index in [1.807, 2.05) is 23.7 Å². The monoisotopic (exact) mass is 315 g/mol. The maximum atomic E-state index is 11.8. The molecule has 1 atom stereocenters. The van der Waals surface area contributed by atoms with E-state index in [1.54, 1.807) is 24.7 Å². The van der Waals surface area contributed by atoms with E-state index >= 15 is 0 Å². The van der Waals surface area contributed by atoms with Gasteiger partial charge in [0.2, 0.25) is 5.43 Å². The summed E-state index contributed by atoms with van der Waals surface area (Å²) in [7, 11) is 2.04. The van der Waals surface area contributed by atoms with Crippen LogP contribution in [0.2, 0.25) is 0 Å². The summed E-state index contributed by atoms with van der Waals surface area (Å²) in [4.78, 5) is 18.0. The lowest BCUT2D eigenvalue weighted by molar-refractivity contribution is 0.313. The van der Waals surface area contributed by atoms with Gasteiger partial charge in [-0.05, 0) is 44.5 Å². The largest absolute Gasteiger partial charge is 0.503 e. The summed E-state index contributed by atoms with van der Waals surface area (Å²) in [6.45, 7) is 5.74. The van der Waals surface area contributed by atoms with Gasteiger partial charge in [-0.2, -0.15) is 0 Å². The number of aromatic nitrogens is 2. The maximum absolute atomic E-state index is 11.8. The van der Waals surface area contributed by atoms with E-state index in [4.69, 9.17) is 0 Å². The summed E-state index contributed by atoms with van der Waals surface area (Å²) in [6, 6.07) is 5.82. The van der Waals surface area contributed by atoms with Crippen LogP contribution in [0.1, 0.15) is 37.6 Å². The Labute approximate surface area is 137 Å². The molecule has 2 aromatic heterocycles. The van der Waals surface area contributed by atoms with Gasteiger partial charge in [0.1, 0.15) is 0 Å². The first-order valence-electron chi connectivity index (χ1n) is 8.02. The Bertz CT molecular complexity index is 682. The first kappa shape index (κ1) is 17.2. The molecule has 23 heavy (non-hydrogen) atoms. The molecule has 0 saturated carbocycles. The van der Waals surface area contributed by atoms with E-state index in [2.05, 4.69) is 23.7 Å². The third-order valence-electron chi connectivity index (χ3n) is 4.17. The normalized spacial score (nSPS) is 12.5. The summed E-state index contributed by atoms with van der Waals surface area (Å²) in [5.74, 6) is -0.187. The Morgan fingerprint density at radius 2 is 2.04 bits per heavy atom. The highest BCUT2D eigenvalue weighted by molar-refractivity contribution is 5.21. The number of hydrogen-bond donors (Lipinski definition) is 1. The standard InChI is InChI=1S/C18H25N3O2/c1-4-14(2)21-13-18(23)17(22)11-16(21)12-20(3)10-7-15-5-8-19-9-6-15/h5-6,8-9,11,13-14,23H,4,7,10,12H2,1-3H3. The van der Waals surface area contributed by atoms with E-state index in [0.29, 0.717) is 6.54 Å². The molecular formula is C18H25N3O2. The second kappa shape index (κ2) is 7.92. The molecule has 2 aromatic rings. The minimum atomic E-state index is -0.318. The molecule has 0 amide bonds. The van der Waals surface area contributed by atoms with Crippen LogP contribution in [0.15, 0.2) is 41.6 Å². The SMILES string of the molecule is CCC(C)n1cc(O)c(=O)cc1CN(C)CCc1ccncc1. The highest BCUT2D eigenvalue weighted by atomic mass is 16.3. The summed E-state index contributed by atoms with van der Waals surface area (Å²) in [5.41, 5.74) is 1.86. The van der Waals surface area contributed by atoms with Gasteiger partial charge in [0.15, 0.2) is 5.75 Å². The van der Waals surface area contributed by atoms with E-state index in [9.17, 15) is 9.90 Å². The maximum Gasteiger partial charge on any atom is 0.223 e. The van der Waals surface area contributed by atoms with Gasteiger partial charge in [-0.25, -0.2) is 0 Å². The third kappa shape index (κ3) is 4.66. The van der Waals surface area contributed by atoms with Crippen molar-refractivity contribution in [3.8, 4) is 5.75 Å². The van der Waals surface area contributed by atoms with Crippen LogP contribution in [0.4, 0.5) is 0 Å². The van der Waals surface area contributed by atoms with E-state index in [0.717, 1.165) is 25.1 Å². The molecule has 0 aliphatic heterocycles. The van der Waals surface area contributed by atoms with E-state index in [-0.39, 0.29) is 17.2 Å². The molecule has 0 aromatic carbocycles. The smallest absolute Gasteiger partial charge is 0.223 e. The molecule has 124 valence electrons. The number of aromatic hydroxyl groups is 1. The summed E-state index contributed by atoms with van der Waals surface area (Å²) < 4.78 is 2.00. The lowest BCUT2D eigenvalue weighted by Crippen LogP contribution is -2.25. The number of likely N-dealkylation sites (N-methyl/N-ethyl adjacent to an activating group) is 1. The molecule has 1 N–H and O–H groups in total. The quantitative estimate of drug-likeness (QED) is 0.853. The highest BCUT2D eigenvalue weighted by Crippen LogP contribution is 2.17. The lowest BCUT2D eigenvalue weighted by atomic mass is 10.2. The molecule has 1 unspecified atom stereocenters. The van der Waals surface area contributed by atoms with E-state index in [1.165, 1.54) is 5.56 Å². The first-order chi connectivity index (χ1) is 11.0. The van der Waals surface area contributed by atoms with Crippen LogP contribution in [-0.4, -0.2) is 33.1 Å². The van der Waals surface area contributed by atoms with Crippen LogP contribution < -0.4 is 5.43 Å². The van der Waals surface area contributed by atoms with Crippen LogP contribution in [0, 0.1) is 0 Å². The second-order valence-electron chi connectivity index (χ2n) is 6.02. The Hall–Kier alpha value is -2.14. The molecule has 0 bridgehead atoms. The molecule has 0 aliphatic rings. The molecule has 2 rings (SSSR count). The van der Waals surface area contributed by atoms with Crippen molar-refractivity contribution in [2.24, 2.45) is 0 Å². The Morgan fingerprint density at radius 3 is 2.70 bits per heavy atom. The van der Waals surface area contributed by atoms with Crippen molar-refractivity contribution in [2.75, 3.05) is 13.6 Å². The average molecular weight is 315 g/mol. The summed E-state index contributed by atoms with van der Waals surface area (Å²) in [6.07, 6.45) is 7.04. The molecule has 0 radical (unpaired) electrons. The number of pyridine rings is 2. The van der Waals surface area contributed by atoms with Crippen molar-refractivity contribution in [1.82, 2.24) is 14.5 Å². The van der Waals surface area contributed by atoms with Crippen LogP contribution in [0.5, 0.6) is 5.75 Å². The highest BCUT2D eigenvalue weighted by Gasteiger charge is 2.12. The van der Waals surface area contributed by atoms with E-state index < -0.39 is 0 Å². The van der Waals surface area contributed by atoms with Gasteiger partial charge in [-0.15, -0.1) is 0 Å². The molecule has 0 spiro atoms. The molecule has 0 fully saturated rings. The summed E-state index contributed by atoms with van der Waals surface area (Å²) in [5, 5.41) is 9.70. The fourth-order valence-corrected chi connectivity index (χ4v) is 2.54. The predicted octanol–water partition coefficient (Wildman–Crippen LogP) is 2.59. The van der Waals surface area contributed by atoms with Crippen LogP contribution in [-0.2, 0) is 13.0 Å². The molecule has 5 heteroatoms. The van der Waals surface area contributed by atoms with Gasteiger partial charge < -0.3 is 14.6 Å². The zero-order chi connectivity index (χ0) is 16.8. The van der Waals surface area contributed by atoms with Crippen molar-refractivity contribution in [1.29, 1.82) is 0 Å². The topological polar surface area (TPSA) is 58.4 Å². The lowest BCUT2D eigenvalue weighted by Gasteiger charge is -2.23. The number of hydrogen-bond acceptors (Lipinski definition) is 4. The van der Waals surface area contributed by atoms with Gasteiger partial charge in [0.25, 0.3) is 0 Å². The fraction of sp³-hybridized carbons (Fsp3) is 0.444. The molecule has 0 aliphatic carbocycles. The molecule has 5 nitrogen and oxygen atoms in total. The van der Waals surface area contributed by atoms with Crippen molar-refractivity contribution >= 4 is 0 Å². The number of rotatable bonds is 7. The average Bonchev–Trinajstić information content (AvgIpc) is 2.56. The minimum absolute atomic E-state index is 0.187. The van der Waals surface area contributed by atoms with Crippen molar-refractivity contribution in [3.05, 3.63) is 58.3 Å². The third-order valence-corrected chi connectivity index (χ3v) is 4.17.